The molecule has 1 aromatic rings. The Hall–Kier alpha value is -1.04. The number of benzene rings is 1. The molecule has 1 aliphatic heterocycles. The number of hydrogen-bond donors (Lipinski definition) is 1. The monoisotopic (exact) mass is 406 g/mol. The van der Waals surface area contributed by atoms with Gasteiger partial charge in [0, 0.05) is 27.3 Å². The predicted octanol–water partition coefficient (Wildman–Crippen LogP) is 1.00. The smallest absolute Gasteiger partial charge is 0.243 e. The van der Waals surface area contributed by atoms with Gasteiger partial charge in [0.2, 0.25) is 20.0 Å². The summed E-state index contributed by atoms with van der Waals surface area (Å²) in [7, 11) is -4.59. The van der Waals surface area contributed by atoms with Crippen molar-refractivity contribution in [1.29, 1.82) is 0 Å². The molecule has 1 heterocycles. The maximum Gasteiger partial charge on any atom is 0.243 e. The van der Waals surface area contributed by atoms with Crippen LogP contribution in [0.2, 0.25) is 0 Å². The maximum absolute atomic E-state index is 12.7. The minimum Gasteiger partial charge on any atom is -0.355 e. The zero-order chi connectivity index (χ0) is 19.4. The van der Waals surface area contributed by atoms with E-state index in [4.69, 9.17) is 9.47 Å². The Balaban J connectivity index is 2.14. The largest absolute Gasteiger partial charge is 0.355 e. The molecule has 0 spiro atoms. The summed E-state index contributed by atoms with van der Waals surface area (Å²) < 4.78 is 63.7. The van der Waals surface area contributed by atoms with Crippen molar-refractivity contribution in [2.24, 2.45) is 5.92 Å². The van der Waals surface area contributed by atoms with Gasteiger partial charge < -0.3 is 9.47 Å². The molecule has 1 saturated heterocycles. The molecule has 0 aromatic heterocycles. The van der Waals surface area contributed by atoms with E-state index in [9.17, 15) is 16.8 Å². The number of sulfonamides is 2. The van der Waals surface area contributed by atoms with Crippen LogP contribution in [-0.4, -0.2) is 61.3 Å². The molecule has 26 heavy (non-hydrogen) atoms. The SMILES string of the molecule is COC(CNS(=O)(=O)c1ccc(S(=O)(=O)N2CCC[C@H](C)C2)cc1)OC. The van der Waals surface area contributed by atoms with Crippen LogP contribution in [-0.2, 0) is 29.5 Å². The first-order valence-corrected chi connectivity index (χ1v) is 11.3. The van der Waals surface area contributed by atoms with E-state index < -0.39 is 26.3 Å². The van der Waals surface area contributed by atoms with E-state index in [-0.39, 0.29) is 16.3 Å². The zero-order valence-electron chi connectivity index (χ0n) is 15.2. The molecule has 8 nitrogen and oxygen atoms in total. The fraction of sp³-hybridized carbons (Fsp3) is 0.625. The van der Waals surface area contributed by atoms with Crippen LogP contribution in [0.3, 0.4) is 0 Å². The molecule has 0 unspecified atom stereocenters. The first kappa shape index (κ1) is 21.3. The molecular weight excluding hydrogens is 380 g/mol. The van der Waals surface area contributed by atoms with Crippen LogP contribution in [0.1, 0.15) is 19.8 Å². The number of ether oxygens (including phenoxy) is 2. The Morgan fingerprint density at radius 2 is 1.69 bits per heavy atom. The number of piperidine rings is 1. The van der Waals surface area contributed by atoms with E-state index in [1.165, 1.54) is 42.8 Å². The third kappa shape index (κ3) is 5.02. The number of methoxy groups -OCH3 is 2. The van der Waals surface area contributed by atoms with Crippen molar-refractivity contribution in [2.45, 2.75) is 35.8 Å². The van der Waals surface area contributed by atoms with Crippen molar-refractivity contribution in [3.8, 4) is 0 Å². The molecule has 1 fully saturated rings. The summed E-state index contributed by atoms with van der Waals surface area (Å²) in [5.41, 5.74) is 0. The lowest BCUT2D eigenvalue weighted by atomic mass is 10.0. The van der Waals surface area contributed by atoms with Gasteiger partial charge in [-0.3, -0.25) is 0 Å². The molecule has 0 aliphatic carbocycles. The highest BCUT2D eigenvalue weighted by molar-refractivity contribution is 7.89. The maximum atomic E-state index is 12.7. The normalized spacial score (nSPS) is 19.8. The molecule has 0 bridgehead atoms. The van der Waals surface area contributed by atoms with Gasteiger partial charge >= 0.3 is 0 Å². The molecule has 148 valence electrons. The van der Waals surface area contributed by atoms with Crippen LogP contribution in [0, 0.1) is 5.92 Å². The minimum absolute atomic E-state index is 0.0191. The van der Waals surface area contributed by atoms with Crippen molar-refractivity contribution in [1.82, 2.24) is 9.03 Å². The molecule has 1 aromatic carbocycles. The molecule has 10 heteroatoms. The van der Waals surface area contributed by atoms with Gasteiger partial charge in [0.1, 0.15) is 0 Å². The summed E-state index contributed by atoms with van der Waals surface area (Å²) >= 11 is 0. The van der Waals surface area contributed by atoms with Crippen LogP contribution in [0.5, 0.6) is 0 Å². The van der Waals surface area contributed by atoms with Crippen LogP contribution >= 0.6 is 0 Å². The van der Waals surface area contributed by atoms with Gasteiger partial charge in [0.25, 0.3) is 0 Å². The third-order valence-corrected chi connectivity index (χ3v) is 7.68. The van der Waals surface area contributed by atoms with Crippen LogP contribution in [0.4, 0.5) is 0 Å². The Morgan fingerprint density at radius 1 is 1.12 bits per heavy atom. The lowest BCUT2D eigenvalue weighted by Crippen LogP contribution is -2.39. The van der Waals surface area contributed by atoms with Crippen LogP contribution in [0.15, 0.2) is 34.1 Å². The quantitative estimate of drug-likeness (QED) is 0.647. The zero-order valence-corrected chi connectivity index (χ0v) is 16.8. The van der Waals surface area contributed by atoms with Gasteiger partial charge in [-0.25, -0.2) is 21.6 Å². The van der Waals surface area contributed by atoms with Crippen LogP contribution in [0.25, 0.3) is 0 Å². The van der Waals surface area contributed by atoms with Crippen molar-refractivity contribution >= 4 is 20.0 Å². The second kappa shape index (κ2) is 8.77. The summed E-state index contributed by atoms with van der Waals surface area (Å²) in [6, 6.07) is 5.23. The van der Waals surface area contributed by atoms with Gasteiger partial charge in [-0.1, -0.05) is 6.92 Å². The van der Waals surface area contributed by atoms with Crippen molar-refractivity contribution < 1.29 is 26.3 Å². The van der Waals surface area contributed by atoms with E-state index in [2.05, 4.69) is 4.72 Å². The average molecular weight is 407 g/mol. The minimum atomic E-state index is -3.79. The molecular formula is C16H26N2O6S2. The van der Waals surface area contributed by atoms with Gasteiger partial charge in [-0.05, 0) is 43.0 Å². The first-order chi connectivity index (χ1) is 12.2. The Labute approximate surface area is 155 Å². The van der Waals surface area contributed by atoms with Gasteiger partial charge in [-0.2, -0.15) is 4.31 Å². The molecule has 0 radical (unpaired) electrons. The summed E-state index contributed by atoms with van der Waals surface area (Å²) in [6.45, 7) is 2.94. The van der Waals surface area contributed by atoms with Crippen molar-refractivity contribution in [3.63, 3.8) is 0 Å². The van der Waals surface area contributed by atoms with E-state index in [1.807, 2.05) is 6.92 Å². The Bertz CT molecular complexity index is 789. The van der Waals surface area contributed by atoms with Crippen LogP contribution < -0.4 is 4.72 Å². The molecule has 1 atom stereocenters. The number of rotatable bonds is 8. The molecule has 1 N–H and O–H groups in total. The summed E-state index contributed by atoms with van der Waals surface area (Å²) in [4.78, 5) is 0.0756. The Kier molecular flexibility index (Phi) is 7.17. The van der Waals surface area contributed by atoms with E-state index in [0.29, 0.717) is 19.0 Å². The first-order valence-electron chi connectivity index (χ1n) is 8.36. The molecule has 1 aliphatic rings. The second-order valence-electron chi connectivity index (χ2n) is 6.33. The van der Waals surface area contributed by atoms with E-state index >= 15 is 0 Å². The standard InChI is InChI=1S/C16H26N2O6S2/c1-13-5-4-10-18(12-13)26(21,22)15-8-6-14(7-9-15)25(19,20)17-11-16(23-2)24-3/h6-9,13,16-17H,4-5,10-12H2,1-3H3/t13-/m0/s1. The topological polar surface area (TPSA) is 102 Å². The third-order valence-electron chi connectivity index (χ3n) is 4.36. The number of nitrogens with zero attached hydrogens (tertiary/aromatic N) is 1. The van der Waals surface area contributed by atoms with Crippen molar-refractivity contribution in [2.75, 3.05) is 33.9 Å². The van der Waals surface area contributed by atoms with Gasteiger partial charge in [0.05, 0.1) is 16.3 Å². The highest BCUT2D eigenvalue weighted by Gasteiger charge is 2.29. The predicted molar refractivity (Wildman–Crippen MR) is 96.6 cm³/mol. The average Bonchev–Trinajstić information content (AvgIpc) is 2.62. The number of nitrogens with one attached hydrogen (secondary N) is 1. The van der Waals surface area contributed by atoms with E-state index in [1.54, 1.807) is 0 Å². The summed E-state index contributed by atoms with van der Waals surface area (Å²) in [6.07, 6.45) is 1.14. The Morgan fingerprint density at radius 3 is 2.23 bits per heavy atom. The highest BCUT2D eigenvalue weighted by Crippen LogP contribution is 2.24. The fourth-order valence-corrected chi connectivity index (χ4v) is 5.44. The molecule has 0 amide bonds. The fourth-order valence-electron chi connectivity index (χ4n) is 2.83. The number of hydrogen-bond acceptors (Lipinski definition) is 6. The van der Waals surface area contributed by atoms with Gasteiger partial charge in [-0.15, -0.1) is 0 Å². The summed E-state index contributed by atoms with van der Waals surface area (Å²) in [5.74, 6) is 0.317. The summed E-state index contributed by atoms with van der Waals surface area (Å²) in [5, 5.41) is 0. The lowest BCUT2D eigenvalue weighted by Gasteiger charge is -2.30. The van der Waals surface area contributed by atoms with Gasteiger partial charge in [0.15, 0.2) is 6.29 Å². The molecule has 2 rings (SSSR count). The van der Waals surface area contributed by atoms with E-state index in [0.717, 1.165) is 12.8 Å². The highest BCUT2D eigenvalue weighted by atomic mass is 32.2. The second-order valence-corrected chi connectivity index (χ2v) is 10.0. The lowest BCUT2D eigenvalue weighted by molar-refractivity contribution is -0.0960. The molecule has 0 saturated carbocycles. The van der Waals surface area contributed by atoms with Crippen molar-refractivity contribution in [3.05, 3.63) is 24.3 Å².